The first-order chi connectivity index (χ1) is 5.63. The normalized spacial score (nSPS) is 10.1. The molecule has 0 aliphatic heterocycles. The molecule has 1 aromatic heterocycles. The Morgan fingerprint density at radius 3 is 2.33 bits per heavy atom. The van der Waals surface area contributed by atoms with Gasteiger partial charge in [-0.25, -0.2) is 0 Å². The van der Waals surface area contributed by atoms with Crippen molar-refractivity contribution in [3.63, 3.8) is 0 Å². The summed E-state index contributed by atoms with van der Waals surface area (Å²) in [6.45, 7) is 0. The van der Waals surface area contributed by atoms with Crippen molar-refractivity contribution in [2.24, 2.45) is 0 Å². The van der Waals surface area contributed by atoms with Crippen LogP contribution in [0.15, 0.2) is 12.3 Å². The predicted octanol–water partition coefficient (Wildman–Crippen LogP) is -0.0383. The third kappa shape index (κ3) is 1.36. The van der Waals surface area contributed by atoms with Crippen molar-refractivity contribution < 1.29 is 9.85 Å². The summed E-state index contributed by atoms with van der Waals surface area (Å²) in [5.74, 6) is 0. The lowest BCUT2D eigenvalue weighted by Gasteiger charge is -1.96. The third-order valence-corrected chi connectivity index (χ3v) is 1.20. The maximum absolute atomic E-state index is 10.2. The van der Waals surface area contributed by atoms with Gasteiger partial charge < -0.3 is 0 Å². The topological polar surface area (TPSA) is 115 Å². The maximum atomic E-state index is 10.2. The van der Waals surface area contributed by atoms with E-state index in [4.69, 9.17) is 0 Å². The molecular weight excluding hydrogens is 168 g/mol. The molecule has 0 bridgehead atoms. The molecule has 0 spiro atoms. The minimum absolute atomic E-state index is 0.134. The summed E-state index contributed by atoms with van der Waals surface area (Å²) < 4.78 is 0. The van der Waals surface area contributed by atoms with Crippen molar-refractivity contribution in [3.8, 4) is 0 Å². The average Bonchev–Trinajstić information content (AvgIpc) is 2.37. The average molecular weight is 172 g/mol. The van der Waals surface area contributed by atoms with Crippen LogP contribution in [0.3, 0.4) is 0 Å². The Bertz CT molecular complexity index is 280. The molecule has 0 unspecified atom stereocenters. The molecule has 0 atom stereocenters. The highest BCUT2D eigenvalue weighted by Gasteiger charge is 2.35. The second-order valence-corrected chi connectivity index (χ2v) is 1.96. The lowest BCUT2D eigenvalue weighted by Crippen LogP contribution is -2.19. The summed E-state index contributed by atoms with van der Waals surface area (Å²) in [5, 5.41) is 25.9. The lowest BCUT2D eigenvalue weighted by molar-refractivity contribution is -0.753. The number of hydrogen-bond donors (Lipinski definition) is 1. The molecule has 0 fully saturated rings. The van der Waals surface area contributed by atoms with Gasteiger partial charge in [-0.05, 0) is 6.07 Å². The molecule has 0 saturated heterocycles. The molecule has 64 valence electrons. The Hall–Kier alpha value is -1.99. The minimum Gasteiger partial charge on any atom is -0.269 e. The zero-order valence-corrected chi connectivity index (χ0v) is 5.71. The molecule has 1 aromatic rings. The quantitative estimate of drug-likeness (QED) is 0.390. The van der Waals surface area contributed by atoms with Crippen molar-refractivity contribution in [3.05, 3.63) is 38.2 Å². The van der Waals surface area contributed by atoms with Gasteiger partial charge in [-0.1, -0.05) is 0 Å². The van der Waals surface area contributed by atoms with Gasteiger partial charge in [0.25, 0.3) is 0 Å². The van der Waals surface area contributed by atoms with Crippen LogP contribution >= 0.6 is 0 Å². The number of nitro groups is 2. The Morgan fingerprint density at radius 1 is 1.42 bits per heavy atom. The molecule has 0 amide bonds. The third-order valence-electron chi connectivity index (χ3n) is 1.20. The van der Waals surface area contributed by atoms with Crippen molar-refractivity contribution in [1.29, 1.82) is 0 Å². The summed E-state index contributed by atoms with van der Waals surface area (Å²) in [6, 6.07) is 1.19. The summed E-state index contributed by atoms with van der Waals surface area (Å²) in [4.78, 5) is 18.3. The molecule has 1 heterocycles. The van der Waals surface area contributed by atoms with E-state index in [1.54, 1.807) is 0 Å². The Morgan fingerprint density at radius 2 is 2.00 bits per heavy atom. The predicted molar refractivity (Wildman–Crippen MR) is 35.3 cm³/mol. The van der Waals surface area contributed by atoms with Crippen LogP contribution in [0.5, 0.6) is 0 Å². The summed E-state index contributed by atoms with van der Waals surface area (Å²) in [6.07, 6.45) is -0.734. The molecule has 0 radical (unpaired) electrons. The summed E-state index contributed by atoms with van der Waals surface area (Å²) in [7, 11) is 0. The fraction of sp³-hybridized carbons (Fsp3) is 0.250. The van der Waals surface area contributed by atoms with Crippen LogP contribution in [0.2, 0.25) is 0 Å². The SMILES string of the molecule is O=[N+]([O-])C(c1ccn[nH]1)[N+](=O)[O-]. The van der Waals surface area contributed by atoms with Crippen LogP contribution < -0.4 is 0 Å². The number of hydrogen-bond acceptors (Lipinski definition) is 5. The maximum Gasteiger partial charge on any atom is 0.492 e. The van der Waals surface area contributed by atoms with Gasteiger partial charge in [-0.3, -0.25) is 25.3 Å². The molecule has 1 N–H and O–H groups in total. The molecule has 1 rings (SSSR count). The van der Waals surface area contributed by atoms with E-state index in [2.05, 4.69) is 10.2 Å². The van der Waals surface area contributed by atoms with Crippen LogP contribution in [-0.4, -0.2) is 20.0 Å². The fourth-order valence-electron chi connectivity index (χ4n) is 0.715. The van der Waals surface area contributed by atoms with E-state index in [0.717, 1.165) is 0 Å². The second kappa shape index (κ2) is 2.95. The van der Waals surface area contributed by atoms with Crippen LogP contribution in [0.4, 0.5) is 0 Å². The van der Waals surface area contributed by atoms with Crippen LogP contribution in [0.1, 0.15) is 11.9 Å². The van der Waals surface area contributed by atoms with Gasteiger partial charge in [-0.2, -0.15) is 5.10 Å². The Kier molecular flexibility index (Phi) is 1.99. The second-order valence-electron chi connectivity index (χ2n) is 1.96. The molecule has 12 heavy (non-hydrogen) atoms. The van der Waals surface area contributed by atoms with Crippen molar-refractivity contribution in [1.82, 2.24) is 10.2 Å². The van der Waals surface area contributed by atoms with Gasteiger partial charge >= 0.3 is 6.17 Å². The Labute approximate surface area is 65.5 Å². The van der Waals surface area contributed by atoms with Crippen molar-refractivity contribution >= 4 is 0 Å². The molecule has 0 aromatic carbocycles. The van der Waals surface area contributed by atoms with E-state index in [-0.39, 0.29) is 5.69 Å². The van der Waals surface area contributed by atoms with Gasteiger partial charge in [0.2, 0.25) is 0 Å². The first-order valence-corrected chi connectivity index (χ1v) is 2.89. The fourth-order valence-corrected chi connectivity index (χ4v) is 0.715. The van der Waals surface area contributed by atoms with E-state index < -0.39 is 16.0 Å². The number of aromatic amines is 1. The van der Waals surface area contributed by atoms with Gasteiger partial charge in [0.15, 0.2) is 5.69 Å². The first-order valence-electron chi connectivity index (χ1n) is 2.89. The van der Waals surface area contributed by atoms with Crippen LogP contribution in [-0.2, 0) is 0 Å². The highest BCUT2D eigenvalue weighted by atomic mass is 16.7. The molecular formula is C4H4N4O4. The summed E-state index contributed by atoms with van der Waals surface area (Å²) in [5.41, 5.74) is -0.134. The number of H-pyrrole nitrogens is 1. The van der Waals surface area contributed by atoms with E-state index in [9.17, 15) is 20.2 Å². The van der Waals surface area contributed by atoms with Gasteiger partial charge in [0, 0.05) is 6.20 Å². The van der Waals surface area contributed by atoms with Crippen LogP contribution in [0.25, 0.3) is 0 Å². The van der Waals surface area contributed by atoms with Gasteiger partial charge in [-0.15, -0.1) is 0 Å². The minimum atomic E-state index is -1.95. The van der Waals surface area contributed by atoms with Crippen LogP contribution in [0, 0.1) is 20.2 Å². The largest absolute Gasteiger partial charge is 0.492 e. The molecule has 0 aliphatic carbocycles. The number of rotatable bonds is 3. The van der Waals surface area contributed by atoms with E-state index in [0.29, 0.717) is 0 Å². The lowest BCUT2D eigenvalue weighted by atomic mass is 10.4. The van der Waals surface area contributed by atoms with Crippen molar-refractivity contribution in [2.75, 3.05) is 0 Å². The van der Waals surface area contributed by atoms with Gasteiger partial charge in [0.05, 0.1) is 0 Å². The molecule has 0 aliphatic rings. The van der Waals surface area contributed by atoms with Crippen molar-refractivity contribution in [2.45, 2.75) is 6.17 Å². The smallest absolute Gasteiger partial charge is 0.269 e. The zero-order chi connectivity index (χ0) is 9.14. The first kappa shape index (κ1) is 8.11. The van der Waals surface area contributed by atoms with E-state index in [1.165, 1.54) is 12.3 Å². The number of aromatic nitrogens is 2. The standard InChI is InChI=1S/C4H4N4O4/c9-7(10)4(8(11)12)3-1-2-5-6-3/h1-2,4H,(H,5,6). The Balaban J connectivity index is 2.96. The summed E-state index contributed by atoms with van der Waals surface area (Å²) >= 11 is 0. The molecule has 8 nitrogen and oxygen atoms in total. The number of nitrogens with one attached hydrogen (secondary N) is 1. The monoisotopic (exact) mass is 172 g/mol. The molecule has 0 saturated carbocycles. The molecule has 8 heteroatoms. The van der Waals surface area contributed by atoms with E-state index in [1.807, 2.05) is 0 Å². The number of nitrogens with zero attached hydrogens (tertiary/aromatic N) is 3. The van der Waals surface area contributed by atoms with Gasteiger partial charge in [0.1, 0.15) is 9.85 Å². The zero-order valence-electron chi connectivity index (χ0n) is 5.71. The highest BCUT2D eigenvalue weighted by molar-refractivity contribution is 4.98. The van der Waals surface area contributed by atoms with E-state index >= 15 is 0 Å². The highest BCUT2D eigenvalue weighted by Crippen LogP contribution is 2.12.